The fraction of sp³-hybridized carbons (Fsp3) is 0.611. The zero-order valence-corrected chi connectivity index (χ0v) is 14.7. The molecule has 1 aliphatic heterocycles. The molecule has 2 unspecified atom stereocenters. The first-order valence-corrected chi connectivity index (χ1v) is 8.97. The SMILES string of the molecule is CC(NC(C)c1c[nH]c2c1nc(C1CC1)c[n+]2C)C(=O)N1CCC1. The lowest BCUT2D eigenvalue weighted by molar-refractivity contribution is -0.647. The van der Waals surface area contributed by atoms with E-state index in [0.29, 0.717) is 5.92 Å². The van der Waals surface area contributed by atoms with E-state index in [1.807, 2.05) is 18.0 Å². The second kappa shape index (κ2) is 5.84. The molecule has 0 spiro atoms. The van der Waals surface area contributed by atoms with Gasteiger partial charge in [0.05, 0.1) is 25.0 Å². The van der Waals surface area contributed by atoms with Crippen LogP contribution in [0.2, 0.25) is 0 Å². The van der Waals surface area contributed by atoms with Crippen LogP contribution in [0.5, 0.6) is 0 Å². The highest BCUT2D eigenvalue weighted by atomic mass is 16.2. The van der Waals surface area contributed by atoms with Gasteiger partial charge in [-0.05, 0) is 33.1 Å². The van der Waals surface area contributed by atoms with Crippen molar-refractivity contribution in [2.75, 3.05) is 13.1 Å². The summed E-state index contributed by atoms with van der Waals surface area (Å²) in [7, 11) is 2.06. The molecule has 6 heteroatoms. The van der Waals surface area contributed by atoms with Crippen molar-refractivity contribution in [3.05, 3.63) is 23.7 Å². The molecular formula is C18H26N5O+. The van der Waals surface area contributed by atoms with Crippen molar-refractivity contribution in [2.45, 2.75) is 51.1 Å². The Morgan fingerprint density at radius 3 is 2.79 bits per heavy atom. The summed E-state index contributed by atoms with van der Waals surface area (Å²) in [4.78, 5) is 22.5. The highest BCUT2D eigenvalue weighted by Crippen LogP contribution is 2.39. The van der Waals surface area contributed by atoms with Crippen LogP contribution in [0.1, 0.15) is 56.3 Å². The summed E-state index contributed by atoms with van der Waals surface area (Å²) >= 11 is 0. The minimum absolute atomic E-state index is 0.0703. The predicted molar refractivity (Wildman–Crippen MR) is 91.5 cm³/mol. The highest BCUT2D eigenvalue weighted by molar-refractivity contribution is 5.82. The van der Waals surface area contributed by atoms with Crippen molar-refractivity contribution < 1.29 is 9.36 Å². The van der Waals surface area contributed by atoms with Gasteiger partial charge in [-0.2, -0.15) is 0 Å². The molecule has 2 aliphatic rings. The van der Waals surface area contributed by atoms with Crippen molar-refractivity contribution in [3.8, 4) is 0 Å². The maximum atomic E-state index is 12.3. The number of carbonyl (C=O) groups is 1. The lowest BCUT2D eigenvalue weighted by atomic mass is 10.1. The lowest BCUT2D eigenvalue weighted by Gasteiger charge is -2.34. The largest absolute Gasteiger partial charge is 0.341 e. The number of H-pyrrole nitrogens is 1. The standard InChI is InChI=1S/C18H25N5O/c1-11(20-12(2)18(24)23-7-4-8-23)14-9-19-17-16(14)21-15(10-22(17)3)13-5-6-13/h9-13,20H,4-8H2,1-3H3/p+1. The van der Waals surface area contributed by atoms with Gasteiger partial charge in [0.25, 0.3) is 0 Å². The van der Waals surface area contributed by atoms with Gasteiger partial charge >= 0.3 is 5.65 Å². The van der Waals surface area contributed by atoms with Crippen LogP contribution >= 0.6 is 0 Å². The number of nitrogens with one attached hydrogen (secondary N) is 2. The third-order valence-electron chi connectivity index (χ3n) is 5.28. The molecule has 2 N–H and O–H groups in total. The van der Waals surface area contributed by atoms with Gasteiger partial charge in [0.1, 0.15) is 6.20 Å². The molecule has 128 valence electrons. The molecule has 6 nitrogen and oxygen atoms in total. The Morgan fingerprint density at radius 1 is 1.42 bits per heavy atom. The van der Waals surface area contributed by atoms with E-state index in [4.69, 9.17) is 4.98 Å². The molecule has 3 heterocycles. The zero-order valence-electron chi connectivity index (χ0n) is 14.7. The number of carbonyl (C=O) groups excluding carboxylic acids is 1. The minimum atomic E-state index is -0.175. The summed E-state index contributed by atoms with van der Waals surface area (Å²) in [5, 5.41) is 3.45. The normalized spacial score (nSPS) is 20.0. The maximum Gasteiger partial charge on any atom is 0.305 e. The number of hydrogen-bond donors (Lipinski definition) is 2. The van der Waals surface area contributed by atoms with Gasteiger partial charge < -0.3 is 4.90 Å². The van der Waals surface area contributed by atoms with Gasteiger partial charge in [-0.15, -0.1) is 0 Å². The molecule has 1 saturated heterocycles. The zero-order chi connectivity index (χ0) is 16.8. The van der Waals surface area contributed by atoms with Gasteiger partial charge in [0, 0.05) is 30.6 Å². The summed E-state index contributed by atoms with van der Waals surface area (Å²) in [6, 6.07) is -0.105. The Hall–Kier alpha value is -1.95. The molecule has 1 aliphatic carbocycles. The van der Waals surface area contributed by atoms with Crippen molar-refractivity contribution in [2.24, 2.45) is 7.05 Å². The number of hydrogen-bond acceptors (Lipinski definition) is 3. The Balaban J connectivity index is 1.57. The lowest BCUT2D eigenvalue weighted by Crippen LogP contribution is -2.51. The van der Waals surface area contributed by atoms with Crippen molar-refractivity contribution in [1.82, 2.24) is 20.2 Å². The van der Waals surface area contributed by atoms with Gasteiger partial charge in [-0.3, -0.25) is 10.1 Å². The molecule has 24 heavy (non-hydrogen) atoms. The number of likely N-dealkylation sites (tertiary alicyclic amines) is 1. The molecule has 2 aromatic rings. The summed E-state index contributed by atoms with van der Waals surface area (Å²) in [6.45, 7) is 5.85. The average molecular weight is 328 g/mol. The molecule has 0 radical (unpaired) electrons. The summed E-state index contributed by atoms with van der Waals surface area (Å²) in [5.74, 6) is 0.823. The quantitative estimate of drug-likeness (QED) is 0.818. The van der Waals surface area contributed by atoms with E-state index in [-0.39, 0.29) is 18.0 Å². The van der Waals surface area contributed by atoms with Crippen molar-refractivity contribution >= 4 is 17.1 Å². The second-order valence-corrected chi connectivity index (χ2v) is 7.28. The van der Waals surface area contributed by atoms with E-state index in [2.05, 4.69) is 35.0 Å². The molecular weight excluding hydrogens is 302 g/mol. The summed E-state index contributed by atoms with van der Waals surface area (Å²) in [5.41, 5.74) is 4.37. The minimum Gasteiger partial charge on any atom is -0.341 e. The van der Waals surface area contributed by atoms with Gasteiger partial charge in [-0.1, -0.05) is 0 Å². The van der Waals surface area contributed by atoms with Gasteiger partial charge in [-0.25, -0.2) is 14.5 Å². The fourth-order valence-corrected chi connectivity index (χ4v) is 3.48. The first-order valence-electron chi connectivity index (χ1n) is 8.97. The van der Waals surface area contributed by atoms with Crippen LogP contribution < -0.4 is 9.88 Å². The van der Waals surface area contributed by atoms with Crippen LogP contribution in [0.4, 0.5) is 0 Å². The summed E-state index contributed by atoms with van der Waals surface area (Å²) in [6.07, 6.45) is 7.77. The van der Waals surface area contributed by atoms with Crippen LogP contribution in [-0.4, -0.2) is 39.9 Å². The first-order chi connectivity index (χ1) is 11.5. The number of aromatic amines is 1. The number of amides is 1. The molecule has 2 atom stereocenters. The third kappa shape index (κ3) is 2.69. The molecule has 1 amide bonds. The monoisotopic (exact) mass is 328 g/mol. The Bertz CT molecular complexity index is 775. The van der Waals surface area contributed by atoms with Gasteiger partial charge in [0.2, 0.25) is 5.91 Å². The van der Waals surface area contributed by atoms with Crippen molar-refractivity contribution in [1.29, 1.82) is 0 Å². The molecule has 0 aromatic carbocycles. The maximum absolute atomic E-state index is 12.3. The Labute approximate surface area is 142 Å². The summed E-state index contributed by atoms with van der Waals surface area (Å²) < 4.78 is 2.13. The van der Waals surface area contributed by atoms with Gasteiger partial charge in [0.15, 0.2) is 5.52 Å². The highest BCUT2D eigenvalue weighted by Gasteiger charge is 2.30. The van der Waals surface area contributed by atoms with E-state index in [1.54, 1.807) is 0 Å². The number of fused-ring (bicyclic) bond motifs is 1. The molecule has 2 fully saturated rings. The number of nitrogens with zero attached hydrogens (tertiary/aromatic N) is 3. The number of aryl methyl sites for hydroxylation is 1. The van der Waals surface area contributed by atoms with E-state index in [1.165, 1.54) is 18.5 Å². The molecule has 2 aromatic heterocycles. The van der Waals surface area contributed by atoms with Crippen LogP contribution in [-0.2, 0) is 11.8 Å². The molecule has 0 bridgehead atoms. The Morgan fingerprint density at radius 2 is 2.17 bits per heavy atom. The van der Waals surface area contributed by atoms with Crippen LogP contribution in [0, 0.1) is 0 Å². The van der Waals surface area contributed by atoms with E-state index >= 15 is 0 Å². The first kappa shape index (κ1) is 15.6. The van der Waals surface area contributed by atoms with Crippen LogP contribution in [0.15, 0.2) is 12.4 Å². The van der Waals surface area contributed by atoms with E-state index < -0.39 is 0 Å². The molecule has 4 rings (SSSR count). The van der Waals surface area contributed by atoms with Crippen LogP contribution in [0.3, 0.4) is 0 Å². The van der Waals surface area contributed by atoms with E-state index in [9.17, 15) is 4.79 Å². The average Bonchev–Trinajstić information content (AvgIpc) is 3.25. The predicted octanol–water partition coefficient (Wildman–Crippen LogP) is 1.54. The Kier molecular flexibility index (Phi) is 3.79. The fourth-order valence-electron chi connectivity index (χ4n) is 3.48. The third-order valence-corrected chi connectivity index (χ3v) is 5.28. The smallest absolute Gasteiger partial charge is 0.305 e. The number of rotatable bonds is 5. The number of aromatic nitrogens is 3. The van der Waals surface area contributed by atoms with E-state index in [0.717, 1.165) is 36.2 Å². The van der Waals surface area contributed by atoms with Crippen LogP contribution in [0.25, 0.3) is 11.2 Å². The molecule has 1 saturated carbocycles. The van der Waals surface area contributed by atoms with Crippen molar-refractivity contribution in [3.63, 3.8) is 0 Å². The second-order valence-electron chi connectivity index (χ2n) is 7.28. The topological polar surface area (TPSA) is 64.9 Å².